The number of likely N-dealkylation sites (N-methyl/N-ethyl adjacent to an activating group) is 1. The Morgan fingerprint density at radius 1 is 1.19 bits per heavy atom. The SMILES string of the molecule is CC(C)[C@@H](NC(=O)OC(C)(C)C)C(=O)N1CCC[C@@H]1CN(C)c1ncc(B2OC(C)(C)C(C)(C)O2)cn1. The molecule has 2 aliphatic rings. The summed E-state index contributed by atoms with van der Waals surface area (Å²) in [6, 6.07) is -0.665. The van der Waals surface area contributed by atoms with Crippen molar-refractivity contribution in [1.29, 1.82) is 0 Å². The number of nitrogens with one attached hydrogen (secondary N) is 1. The Balaban J connectivity index is 1.64. The van der Waals surface area contributed by atoms with Gasteiger partial charge in [-0.3, -0.25) is 4.79 Å². The maximum absolute atomic E-state index is 13.5. The molecule has 11 heteroatoms. The van der Waals surface area contributed by atoms with E-state index >= 15 is 0 Å². The summed E-state index contributed by atoms with van der Waals surface area (Å²) in [7, 11) is 1.40. The molecule has 0 unspecified atom stereocenters. The number of hydrogen-bond acceptors (Lipinski definition) is 8. The van der Waals surface area contributed by atoms with Crippen LogP contribution < -0.4 is 15.7 Å². The summed E-state index contributed by atoms with van der Waals surface area (Å²) in [5, 5.41) is 2.79. The topological polar surface area (TPSA) is 106 Å². The van der Waals surface area contributed by atoms with E-state index in [1.807, 2.05) is 58.4 Å². The second-order valence-corrected chi connectivity index (χ2v) is 12.5. The van der Waals surface area contributed by atoms with Gasteiger partial charge in [0.2, 0.25) is 11.9 Å². The molecule has 0 aromatic carbocycles. The highest BCUT2D eigenvalue weighted by molar-refractivity contribution is 6.61. The smallest absolute Gasteiger partial charge is 0.444 e. The molecular weight excluding hydrogens is 473 g/mol. The molecule has 2 aliphatic heterocycles. The van der Waals surface area contributed by atoms with E-state index in [1.165, 1.54) is 0 Å². The minimum absolute atomic E-state index is 0.00874. The Kier molecular flexibility index (Phi) is 8.49. The third-order valence-electron chi connectivity index (χ3n) is 7.27. The van der Waals surface area contributed by atoms with Crippen LogP contribution in [0, 0.1) is 5.92 Å². The van der Waals surface area contributed by atoms with Crippen LogP contribution in [0.25, 0.3) is 0 Å². The monoisotopic (exact) mass is 517 g/mol. The quantitative estimate of drug-likeness (QED) is 0.551. The molecule has 0 radical (unpaired) electrons. The van der Waals surface area contributed by atoms with Gasteiger partial charge in [-0.05, 0) is 67.2 Å². The molecule has 1 aromatic rings. The van der Waals surface area contributed by atoms with Crippen LogP contribution in [0.15, 0.2) is 12.4 Å². The first-order valence-electron chi connectivity index (χ1n) is 13.2. The van der Waals surface area contributed by atoms with E-state index in [1.54, 1.807) is 33.2 Å². The molecule has 37 heavy (non-hydrogen) atoms. The fraction of sp³-hybridized carbons (Fsp3) is 0.769. The van der Waals surface area contributed by atoms with Crippen LogP contribution in [-0.4, -0.2) is 83.0 Å². The van der Waals surface area contributed by atoms with Crippen LogP contribution in [0.1, 0.15) is 75.2 Å². The molecule has 0 bridgehead atoms. The zero-order valence-electron chi connectivity index (χ0n) is 24.1. The van der Waals surface area contributed by atoms with Crippen LogP contribution in [-0.2, 0) is 18.8 Å². The third-order valence-corrected chi connectivity index (χ3v) is 7.27. The minimum atomic E-state index is -0.656. The van der Waals surface area contributed by atoms with E-state index in [9.17, 15) is 9.59 Å². The van der Waals surface area contributed by atoms with Gasteiger partial charge >= 0.3 is 13.2 Å². The number of carbonyl (C=O) groups excluding carboxylic acids is 2. The van der Waals surface area contributed by atoms with Gasteiger partial charge in [0, 0.05) is 44.0 Å². The van der Waals surface area contributed by atoms with E-state index < -0.39 is 36.1 Å². The van der Waals surface area contributed by atoms with Crippen molar-refractivity contribution < 1.29 is 23.6 Å². The summed E-state index contributed by atoms with van der Waals surface area (Å²) in [6.07, 6.45) is 4.67. The van der Waals surface area contributed by atoms with E-state index in [2.05, 4.69) is 15.3 Å². The lowest BCUT2D eigenvalue weighted by Gasteiger charge is -2.33. The second-order valence-electron chi connectivity index (χ2n) is 12.5. The first kappa shape index (κ1) is 29.2. The van der Waals surface area contributed by atoms with Gasteiger partial charge in [0.25, 0.3) is 0 Å². The van der Waals surface area contributed by atoms with E-state index in [0.717, 1.165) is 18.3 Å². The fourth-order valence-electron chi connectivity index (χ4n) is 4.47. The molecule has 2 fully saturated rings. The number of rotatable bonds is 7. The number of amides is 2. The van der Waals surface area contributed by atoms with Crippen molar-refractivity contribution in [1.82, 2.24) is 20.2 Å². The van der Waals surface area contributed by atoms with Crippen molar-refractivity contribution in [3.8, 4) is 0 Å². The van der Waals surface area contributed by atoms with Crippen LogP contribution in [0.5, 0.6) is 0 Å². The number of nitrogens with zero attached hydrogens (tertiary/aromatic N) is 4. The van der Waals surface area contributed by atoms with E-state index in [-0.39, 0.29) is 17.9 Å². The van der Waals surface area contributed by atoms with E-state index in [0.29, 0.717) is 19.0 Å². The fourth-order valence-corrected chi connectivity index (χ4v) is 4.47. The van der Waals surface area contributed by atoms with Crippen LogP contribution in [0.2, 0.25) is 0 Å². The van der Waals surface area contributed by atoms with Crippen molar-refractivity contribution in [2.45, 2.75) is 104 Å². The van der Waals surface area contributed by atoms with E-state index in [4.69, 9.17) is 14.0 Å². The molecule has 0 saturated carbocycles. The van der Waals surface area contributed by atoms with Crippen LogP contribution >= 0.6 is 0 Å². The summed E-state index contributed by atoms with van der Waals surface area (Å²) < 4.78 is 17.6. The Morgan fingerprint density at radius 2 is 1.76 bits per heavy atom. The lowest BCUT2D eigenvalue weighted by Crippen LogP contribution is -2.54. The zero-order valence-corrected chi connectivity index (χ0v) is 24.1. The summed E-state index contributed by atoms with van der Waals surface area (Å²) in [6.45, 7) is 18.5. The number of ether oxygens (including phenoxy) is 1. The first-order chi connectivity index (χ1) is 17.0. The van der Waals surface area contributed by atoms with Gasteiger partial charge < -0.3 is 29.2 Å². The van der Waals surface area contributed by atoms with Gasteiger partial charge in [0.15, 0.2) is 0 Å². The van der Waals surface area contributed by atoms with Gasteiger partial charge in [-0.2, -0.15) is 0 Å². The maximum atomic E-state index is 13.5. The maximum Gasteiger partial charge on any atom is 0.498 e. The molecule has 1 aromatic heterocycles. The number of hydrogen-bond donors (Lipinski definition) is 1. The summed E-state index contributed by atoms with van der Waals surface area (Å²) in [5.74, 6) is 0.394. The predicted octanol–water partition coefficient (Wildman–Crippen LogP) is 2.75. The molecule has 3 heterocycles. The Labute approximate surface area is 222 Å². The molecule has 2 amide bonds. The molecule has 206 valence electrons. The van der Waals surface area contributed by atoms with Gasteiger partial charge in [0.1, 0.15) is 11.6 Å². The average Bonchev–Trinajstić information content (AvgIpc) is 3.31. The Hall–Kier alpha value is -2.40. The zero-order chi connectivity index (χ0) is 27.8. The summed E-state index contributed by atoms with van der Waals surface area (Å²) >= 11 is 0. The normalized spacial score (nSPS) is 21.8. The van der Waals surface area contributed by atoms with Crippen molar-refractivity contribution in [2.24, 2.45) is 5.92 Å². The summed E-state index contributed by atoms with van der Waals surface area (Å²) in [4.78, 5) is 38.8. The largest absolute Gasteiger partial charge is 0.498 e. The number of anilines is 1. The molecule has 2 saturated heterocycles. The molecule has 10 nitrogen and oxygen atoms in total. The highest BCUT2D eigenvalue weighted by Gasteiger charge is 2.52. The van der Waals surface area contributed by atoms with Crippen molar-refractivity contribution in [2.75, 3.05) is 25.0 Å². The highest BCUT2D eigenvalue weighted by atomic mass is 16.7. The molecular formula is C26H44BN5O5. The molecule has 0 aliphatic carbocycles. The molecule has 1 N–H and O–H groups in total. The highest BCUT2D eigenvalue weighted by Crippen LogP contribution is 2.36. The van der Waals surface area contributed by atoms with Crippen molar-refractivity contribution in [3.63, 3.8) is 0 Å². The van der Waals surface area contributed by atoms with Crippen molar-refractivity contribution in [3.05, 3.63) is 12.4 Å². The van der Waals surface area contributed by atoms with Crippen LogP contribution in [0.3, 0.4) is 0 Å². The second kappa shape index (κ2) is 10.8. The molecule has 3 rings (SSSR count). The Bertz CT molecular complexity index is 947. The summed E-state index contributed by atoms with van der Waals surface area (Å²) in [5.41, 5.74) is -0.734. The lowest BCUT2D eigenvalue weighted by molar-refractivity contribution is -0.135. The van der Waals surface area contributed by atoms with Gasteiger partial charge in [0.05, 0.1) is 11.2 Å². The molecule has 0 spiro atoms. The number of aromatic nitrogens is 2. The lowest BCUT2D eigenvalue weighted by atomic mass is 9.81. The standard InChI is InChI=1S/C26H44BN5O5/c1-17(2)20(30-23(34)35-24(3,4)5)21(33)32-13-11-12-19(32)16-31(10)22-28-14-18(15-29-22)27-36-25(6,7)26(8,9)37-27/h14-15,17,19-20H,11-13,16H2,1-10H3,(H,30,34)/t19-,20-/m1/s1. The minimum Gasteiger partial charge on any atom is -0.444 e. The first-order valence-corrected chi connectivity index (χ1v) is 13.2. The molecule has 2 atom stereocenters. The number of alkyl carbamates (subject to hydrolysis) is 1. The number of likely N-dealkylation sites (tertiary alicyclic amines) is 1. The third kappa shape index (κ3) is 6.93. The van der Waals surface area contributed by atoms with Gasteiger partial charge in [-0.25, -0.2) is 14.8 Å². The van der Waals surface area contributed by atoms with Crippen molar-refractivity contribution >= 4 is 30.5 Å². The predicted molar refractivity (Wildman–Crippen MR) is 144 cm³/mol. The Morgan fingerprint density at radius 3 is 2.27 bits per heavy atom. The number of carbonyl (C=O) groups is 2. The van der Waals surface area contributed by atoms with Gasteiger partial charge in [-0.1, -0.05) is 13.8 Å². The van der Waals surface area contributed by atoms with Crippen LogP contribution in [0.4, 0.5) is 10.7 Å². The average molecular weight is 517 g/mol. The van der Waals surface area contributed by atoms with Gasteiger partial charge in [-0.15, -0.1) is 0 Å².